The van der Waals surface area contributed by atoms with Gasteiger partial charge in [0, 0.05) is 22.7 Å². The number of benzene rings is 2. The zero-order valence-electron chi connectivity index (χ0n) is 15.5. The van der Waals surface area contributed by atoms with Crippen LogP contribution in [0.25, 0.3) is 17.0 Å². The number of nitriles is 1. The highest BCUT2D eigenvalue weighted by Gasteiger charge is 2.35. The van der Waals surface area contributed by atoms with Crippen LogP contribution in [0.1, 0.15) is 11.1 Å². The molecule has 2 aromatic carbocycles. The van der Waals surface area contributed by atoms with E-state index in [1.807, 2.05) is 49.4 Å². The summed E-state index contributed by atoms with van der Waals surface area (Å²) < 4.78 is 1.79. The minimum atomic E-state index is -0.540. The monoisotopic (exact) mass is 400 g/mol. The Hall–Kier alpha value is -3.76. The quantitative estimate of drug-likeness (QED) is 0.416. The third kappa shape index (κ3) is 3.20. The molecule has 1 aliphatic heterocycles. The predicted octanol–water partition coefficient (Wildman–Crippen LogP) is 3.30. The number of anilines is 1. The van der Waals surface area contributed by atoms with Gasteiger partial charge in [-0.3, -0.25) is 19.8 Å². The molecular weight excluding hydrogens is 384 g/mol. The average molecular weight is 400 g/mol. The lowest BCUT2D eigenvalue weighted by Gasteiger charge is -2.29. The zero-order valence-corrected chi connectivity index (χ0v) is 16.4. The van der Waals surface area contributed by atoms with Crippen molar-refractivity contribution in [2.75, 3.05) is 4.90 Å². The second-order valence-corrected chi connectivity index (χ2v) is 7.02. The van der Waals surface area contributed by atoms with Crippen LogP contribution in [-0.2, 0) is 16.1 Å². The summed E-state index contributed by atoms with van der Waals surface area (Å²) in [6, 6.07) is 17.0. The van der Waals surface area contributed by atoms with E-state index in [2.05, 4.69) is 11.4 Å². The highest BCUT2D eigenvalue weighted by atomic mass is 32.1. The summed E-state index contributed by atoms with van der Waals surface area (Å²) in [7, 11) is 0. The number of hydrogen-bond acceptors (Lipinski definition) is 4. The van der Waals surface area contributed by atoms with E-state index in [1.54, 1.807) is 22.9 Å². The van der Waals surface area contributed by atoms with E-state index in [1.165, 1.54) is 4.90 Å². The fraction of sp³-hybridized carbons (Fsp3) is 0.0909. The second kappa shape index (κ2) is 7.34. The number of amides is 2. The molecule has 0 unspecified atom stereocenters. The molecule has 2 heterocycles. The summed E-state index contributed by atoms with van der Waals surface area (Å²) in [6.07, 6.45) is 3.33. The maximum absolute atomic E-state index is 13.2. The van der Waals surface area contributed by atoms with Gasteiger partial charge in [0.1, 0.15) is 12.1 Å². The maximum atomic E-state index is 13.2. The van der Waals surface area contributed by atoms with Gasteiger partial charge < -0.3 is 4.57 Å². The van der Waals surface area contributed by atoms with Gasteiger partial charge in [0.2, 0.25) is 0 Å². The lowest BCUT2D eigenvalue weighted by Crippen LogP contribution is -2.54. The molecule has 0 atom stereocenters. The van der Waals surface area contributed by atoms with Crippen molar-refractivity contribution in [3.05, 3.63) is 71.4 Å². The summed E-state index contributed by atoms with van der Waals surface area (Å²) >= 11 is 5.26. The van der Waals surface area contributed by atoms with E-state index in [9.17, 15) is 9.59 Å². The van der Waals surface area contributed by atoms with Crippen molar-refractivity contribution in [3.8, 4) is 6.07 Å². The van der Waals surface area contributed by atoms with Crippen molar-refractivity contribution < 1.29 is 9.59 Å². The van der Waals surface area contributed by atoms with Crippen LogP contribution < -0.4 is 10.2 Å². The molecule has 0 aliphatic carbocycles. The number of carbonyl (C=O) groups is 2. The molecule has 0 spiro atoms. The first kappa shape index (κ1) is 18.6. The molecule has 0 saturated carbocycles. The van der Waals surface area contributed by atoms with Crippen LogP contribution in [0.2, 0.25) is 0 Å². The molecule has 1 saturated heterocycles. The van der Waals surface area contributed by atoms with Gasteiger partial charge in [-0.15, -0.1) is 0 Å². The molecule has 1 aromatic heterocycles. The number of thiocarbonyl (C=S) groups is 1. The van der Waals surface area contributed by atoms with Crippen molar-refractivity contribution in [3.63, 3.8) is 0 Å². The summed E-state index contributed by atoms with van der Waals surface area (Å²) in [5, 5.41) is 12.6. The lowest BCUT2D eigenvalue weighted by atomic mass is 10.1. The van der Waals surface area contributed by atoms with Gasteiger partial charge in [0.25, 0.3) is 11.8 Å². The standard InChI is InChI=1S/C22H16N4O2S/c1-14-6-2-4-8-18(14)26-21(28)17(20(27)24-22(26)29)12-15-13-25(11-10-23)19-9-5-3-7-16(15)19/h2-9,12-13H,11H2,1H3,(H,24,27,29)/b17-12+. The molecule has 142 valence electrons. The molecule has 6 nitrogen and oxygen atoms in total. The second-order valence-electron chi connectivity index (χ2n) is 6.63. The zero-order chi connectivity index (χ0) is 20.5. The van der Waals surface area contributed by atoms with Crippen molar-refractivity contribution in [2.45, 2.75) is 13.5 Å². The van der Waals surface area contributed by atoms with Crippen molar-refractivity contribution in [1.82, 2.24) is 9.88 Å². The van der Waals surface area contributed by atoms with Gasteiger partial charge in [0.15, 0.2) is 5.11 Å². The van der Waals surface area contributed by atoms with Crippen molar-refractivity contribution in [1.29, 1.82) is 5.26 Å². The van der Waals surface area contributed by atoms with Crippen LogP contribution in [0.3, 0.4) is 0 Å². The number of fused-ring (bicyclic) bond motifs is 1. The summed E-state index contributed by atoms with van der Waals surface area (Å²) in [5.41, 5.74) is 3.02. The molecule has 0 radical (unpaired) electrons. The molecule has 0 bridgehead atoms. The van der Waals surface area contributed by atoms with Crippen LogP contribution in [0.5, 0.6) is 0 Å². The van der Waals surface area contributed by atoms with Crippen LogP contribution in [0, 0.1) is 18.3 Å². The average Bonchev–Trinajstić information content (AvgIpc) is 3.04. The summed E-state index contributed by atoms with van der Waals surface area (Å²) in [4.78, 5) is 27.1. The largest absolute Gasteiger partial charge is 0.333 e. The molecule has 4 rings (SSSR count). The number of carbonyl (C=O) groups excluding carboxylic acids is 2. The van der Waals surface area contributed by atoms with Gasteiger partial charge in [-0.05, 0) is 42.9 Å². The molecule has 29 heavy (non-hydrogen) atoms. The summed E-state index contributed by atoms with van der Waals surface area (Å²) in [5.74, 6) is -1.02. The Balaban J connectivity index is 1.83. The van der Waals surface area contributed by atoms with Gasteiger partial charge in [-0.1, -0.05) is 36.4 Å². The van der Waals surface area contributed by atoms with E-state index in [0.717, 1.165) is 16.5 Å². The topological polar surface area (TPSA) is 78.1 Å². The first-order valence-corrected chi connectivity index (χ1v) is 9.34. The molecule has 2 amide bonds. The van der Waals surface area contributed by atoms with Crippen molar-refractivity contribution >= 4 is 51.8 Å². The minimum absolute atomic E-state index is 0.0123. The minimum Gasteiger partial charge on any atom is -0.333 e. The highest BCUT2D eigenvalue weighted by molar-refractivity contribution is 7.80. The molecular formula is C22H16N4O2S. The number of nitrogens with one attached hydrogen (secondary N) is 1. The number of hydrogen-bond donors (Lipinski definition) is 1. The van der Waals surface area contributed by atoms with Crippen LogP contribution in [0.4, 0.5) is 5.69 Å². The van der Waals surface area contributed by atoms with Crippen LogP contribution in [0.15, 0.2) is 60.3 Å². The maximum Gasteiger partial charge on any atom is 0.270 e. The van der Waals surface area contributed by atoms with Crippen LogP contribution >= 0.6 is 12.2 Å². The fourth-order valence-corrected chi connectivity index (χ4v) is 3.72. The predicted molar refractivity (Wildman–Crippen MR) is 115 cm³/mol. The first-order chi connectivity index (χ1) is 14.0. The molecule has 7 heteroatoms. The molecule has 1 fully saturated rings. The first-order valence-electron chi connectivity index (χ1n) is 8.93. The van der Waals surface area contributed by atoms with E-state index < -0.39 is 11.8 Å². The number of aryl methyl sites for hydroxylation is 1. The summed E-state index contributed by atoms with van der Waals surface area (Å²) in [6.45, 7) is 2.05. The lowest BCUT2D eigenvalue weighted by molar-refractivity contribution is -0.122. The Morgan fingerprint density at radius 1 is 1.14 bits per heavy atom. The number of rotatable bonds is 3. The van der Waals surface area contributed by atoms with E-state index in [-0.39, 0.29) is 17.2 Å². The Labute approximate surface area is 172 Å². The van der Waals surface area contributed by atoms with Gasteiger partial charge >= 0.3 is 0 Å². The molecule has 1 aliphatic rings. The Kier molecular flexibility index (Phi) is 4.71. The van der Waals surface area contributed by atoms with E-state index >= 15 is 0 Å². The number of nitrogens with zero attached hydrogens (tertiary/aromatic N) is 3. The van der Waals surface area contributed by atoms with Gasteiger partial charge in [-0.25, -0.2) is 0 Å². The third-order valence-electron chi connectivity index (χ3n) is 4.82. The Morgan fingerprint density at radius 3 is 2.62 bits per heavy atom. The highest BCUT2D eigenvalue weighted by Crippen LogP contribution is 2.27. The van der Waals surface area contributed by atoms with E-state index in [0.29, 0.717) is 11.3 Å². The number of aromatic nitrogens is 1. The SMILES string of the molecule is Cc1ccccc1N1C(=O)/C(=C/c2cn(CC#N)c3ccccc23)C(=O)NC1=S. The third-order valence-corrected chi connectivity index (χ3v) is 5.10. The van der Waals surface area contributed by atoms with Gasteiger partial charge in [0.05, 0.1) is 11.8 Å². The van der Waals surface area contributed by atoms with E-state index in [4.69, 9.17) is 17.5 Å². The Bertz CT molecular complexity index is 1250. The normalized spacial score (nSPS) is 15.7. The van der Waals surface area contributed by atoms with Gasteiger partial charge in [-0.2, -0.15) is 5.26 Å². The fourth-order valence-electron chi connectivity index (χ4n) is 3.44. The Morgan fingerprint density at radius 2 is 1.86 bits per heavy atom. The van der Waals surface area contributed by atoms with Crippen LogP contribution in [-0.4, -0.2) is 21.5 Å². The van der Waals surface area contributed by atoms with Crippen molar-refractivity contribution in [2.24, 2.45) is 0 Å². The smallest absolute Gasteiger partial charge is 0.270 e. The molecule has 1 N–H and O–H groups in total. The molecule has 3 aromatic rings. The number of para-hydroxylation sites is 2.